The molecule has 2 unspecified atom stereocenters. The molecule has 1 saturated heterocycles. The number of carbonyl (C=O) groups is 1. The van der Waals surface area contributed by atoms with E-state index in [0.717, 1.165) is 18.5 Å². The maximum absolute atomic E-state index is 13.0. The molecule has 1 fully saturated rings. The van der Waals surface area contributed by atoms with Gasteiger partial charge in [-0.25, -0.2) is 0 Å². The Morgan fingerprint density at radius 1 is 1.27 bits per heavy atom. The van der Waals surface area contributed by atoms with Crippen molar-refractivity contribution >= 4 is 29.0 Å². The second-order valence-electron chi connectivity index (χ2n) is 7.88. The summed E-state index contributed by atoms with van der Waals surface area (Å²) in [6.07, 6.45) is 2.36. The Kier molecular flexibility index (Phi) is 6.11. The molecular formula is C23H27N4O2S+. The number of aromatic nitrogens is 2. The van der Waals surface area contributed by atoms with Crippen LogP contribution in [0.5, 0.6) is 0 Å². The van der Waals surface area contributed by atoms with Gasteiger partial charge < -0.3 is 15.2 Å². The van der Waals surface area contributed by atoms with Crippen molar-refractivity contribution in [2.75, 3.05) is 19.6 Å². The number of quaternary nitrogens is 1. The molecule has 0 radical (unpaired) electrons. The zero-order valence-electron chi connectivity index (χ0n) is 17.1. The van der Waals surface area contributed by atoms with Gasteiger partial charge in [0.2, 0.25) is 0 Å². The lowest BCUT2D eigenvalue weighted by Crippen LogP contribution is -3.14. The van der Waals surface area contributed by atoms with E-state index in [1.54, 1.807) is 27.7 Å². The van der Waals surface area contributed by atoms with Crippen molar-refractivity contribution in [3.8, 4) is 0 Å². The van der Waals surface area contributed by atoms with Gasteiger partial charge in [0.1, 0.15) is 6.04 Å². The van der Waals surface area contributed by atoms with E-state index in [2.05, 4.69) is 17.2 Å². The topological polar surface area (TPSA) is 71.3 Å². The highest BCUT2D eigenvalue weighted by Crippen LogP contribution is 2.12. The number of fused-ring (bicyclic) bond motifs is 1. The zero-order valence-corrected chi connectivity index (χ0v) is 17.9. The molecule has 1 amide bonds. The molecule has 1 aromatic heterocycles. The Balaban J connectivity index is 1.55. The number of hydrogen-bond acceptors (Lipinski definition) is 3. The van der Waals surface area contributed by atoms with Crippen LogP contribution in [0.1, 0.15) is 35.7 Å². The second kappa shape index (κ2) is 8.93. The average molecular weight is 424 g/mol. The predicted octanol–water partition coefficient (Wildman–Crippen LogP) is 1.90. The van der Waals surface area contributed by atoms with Crippen molar-refractivity contribution in [1.82, 2.24) is 14.9 Å². The highest BCUT2D eigenvalue weighted by atomic mass is 32.1. The number of H-pyrrole nitrogens is 1. The molecule has 0 bridgehead atoms. The number of rotatable bonds is 6. The smallest absolute Gasteiger partial charge is 0.262 e. The highest BCUT2D eigenvalue weighted by Gasteiger charge is 2.27. The van der Waals surface area contributed by atoms with Gasteiger partial charge >= 0.3 is 0 Å². The van der Waals surface area contributed by atoms with E-state index >= 15 is 0 Å². The Morgan fingerprint density at radius 2 is 2.07 bits per heavy atom. The zero-order chi connectivity index (χ0) is 21.1. The summed E-state index contributed by atoms with van der Waals surface area (Å²) in [4.78, 5) is 30.3. The number of nitrogens with one attached hydrogen (secondary N) is 3. The van der Waals surface area contributed by atoms with Crippen LogP contribution in [-0.4, -0.2) is 41.1 Å². The van der Waals surface area contributed by atoms with Crippen LogP contribution >= 0.6 is 12.2 Å². The first-order valence-corrected chi connectivity index (χ1v) is 10.9. The Bertz CT molecular complexity index is 1170. The summed E-state index contributed by atoms with van der Waals surface area (Å²) in [5.74, 6) is -0.118. The van der Waals surface area contributed by atoms with Crippen LogP contribution in [0.15, 0.2) is 53.3 Å². The van der Waals surface area contributed by atoms with E-state index in [4.69, 9.17) is 12.2 Å². The van der Waals surface area contributed by atoms with Gasteiger partial charge in [-0.2, -0.15) is 0 Å². The number of hydrogen-bond donors (Lipinski definition) is 3. The molecule has 2 heterocycles. The summed E-state index contributed by atoms with van der Waals surface area (Å²) in [6, 6.07) is 15.4. The summed E-state index contributed by atoms with van der Waals surface area (Å²) < 4.78 is 1.90. The lowest BCUT2D eigenvalue weighted by atomic mass is 10.1. The third-order valence-corrected chi connectivity index (χ3v) is 6.34. The minimum Gasteiger partial charge on any atom is -0.346 e. The molecule has 1 aliphatic heterocycles. The number of likely N-dealkylation sites (tertiary alicyclic amines) is 1. The molecule has 2 atom stereocenters. The van der Waals surface area contributed by atoms with Crippen molar-refractivity contribution in [3.05, 3.63) is 74.8 Å². The van der Waals surface area contributed by atoms with Gasteiger partial charge in [0.15, 0.2) is 4.77 Å². The molecule has 0 spiro atoms. The number of likely N-dealkylation sites (N-methyl/N-ethyl adjacent to an activating group) is 1. The molecule has 0 aliphatic carbocycles. The predicted molar refractivity (Wildman–Crippen MR) is 121 cm³/mol. The molecular weight excluding hydrogens is 396 g/mol. The molecule has 6 nitrogen and oxygen atoms in total. The van der Waals surface area contributed by atoms with Gasteiger partial charge in [-0.05, 0) is 42.9 Å². The number of carbonyl (C=O) groups excluding carboxylic acids is 1. The Hall–Kier alpha value is -2.77. The molecule has 4 rings (SSSR count). The maximum atomic E-state index is 13.0. The highest BCUT2D eigenvalue weighted by molar-refractivity contribution is 7.71. The van der Waals surface area contributed by atoms with Gasteiger partial charge in [0.25, 0.3) is 11.5 Å². The van der Waals surface area contributed by atoms with Crippen LogP contribution in [0.3, 0.4) is 0 Å². The van der Waals surface area contributed by atoms with Gasteiger partial charge in [0.05, 0.1) is 37.1 Å². The van der Waals surface area contributed by atoms with Gasteiger partial charge in [-0.3, -0.25) is 14.2 Å². The van der Waals surface area contributed by atoms with E-state index in [1.165, 1.54) is 13.0 Å². The minimum absolute atomic E-state index is 0.118. The van der Waals surface area contributed by atoms with E-state index < -0.39 is 0 Å². The molecule has 7 heteroatoms. The normalized spacial score (nSPS) is 18.6. The summed E-state index contributed by atoms with van der Waals surface area (Å²) in [5, 5.41) is 3.58. The van der Waals surface area contributed by atoms with Crippen LogP contribution in [0.25, 0.3) is 10.9 Å². The standard InChI is InChI=1S/C23H26N4O2S/c1-2-26-12-6-9-18(26)14-24-21(28)17-10-11-19-20(13-17)25-23(30)27(22(19)29)15-16-7-4-3-5-8-16/h3-5,7-8,10-11,13,18H,2,6,9,12,14-15H2,1H3,(H,24,28)(H,25,30)/p+1. The lowest BCUT2D eigenvalue weighted by molar-refractivity contribution is -0.909. The first kappa shape index (κ1) is 20.5. The van der Waals surface area contributed by atoms with Crippen LogP contribution in [0, 0.1) is 4.77 Å². The van der Waals surface area contributed by atoms with Crippen molar-refractivity contribution in [3.63, 3.8) is 0 Å². The van der Waals surface area contributed by atoms with Crippen molar-refractivity contribution in [2.45, 2.75) is 32.4 Å². The van der Waals surface area contributed by atoms with Gasteiger partial charge in [-0.1, -0.05) is 30.3 Å². The van der Waals surface area contributed by atoms with E-state index in [0.29, 0.717) is 40.4 Å². The third kappa shape index (κ3) is 4.22. The summed E-state index contributed by atoms with van der Waals surface area (Å²) in [7, 11) is 0. The quantitative estimate of drug-likeness (QED) is 0.531. The summed E-state index contributed by atoms with van der Waals surface area (Å²) >= 11 is 5.43. The van der Waals surface area contributed by atoms with E-state index in [1.807, 2.05) is 30.3 Å². The fraction of sp³-hybridized carbons (Fsp3) is 0.348. The second-order valence-corrected chi connectivity index (χ2v) is 8.27. The largest absolute Gasteiger partial charge is 0.346 e. The van der Waals surface area contributed by atoms with Crippen LogP contribution < -0.4 is 15.8 Å². The monoisotopic (exact) mass is 423 g/mol. The van der Waals surface area contributed by atoms with E-state index in [9.17, 15) is 9.59 Å². The molecule has 30 heavy (non-hydrogen) atoms. The fourth-order valence-electron chi connectivity index (χ4n) is 4.32. The van der Waals surface area contributed by atoms with Gasteiger partial charge in [0, 0.05) is 18.4 Å². The lowest BCUT2D eigenvalue weighted by Gasteiger charge is -2.20. The first-order valence-electron chi connectivity index (χ1n) is 10.5. The Labute approximate surface area is 180 Å². The van der Waals surface area contributed by atoms with E-state index in [-0.39, 0.29) is 11.5 Å². The summed E-state index contributed by atoms with van der Waals surface area (Å²) in [5.41, 5.74) is 1.97. The first-order chi connectivity index (χ1) is 14.6. The number of amides is 1. The van der Waals surface area contributed by atoms with Gasteiger partial charge in [-0.15, -0.1) is 0 Å². The average Bonchev–Trinajstić information content (AvgIpc) is 3.23. The molecule has 1 aliphatic rings. The van der Waals surface area contributed by atoms with Crippen molar-refractivity contribution < 1.29 is 9.69 Å². The molecule has 156 valence electrons. The minimum atomic E-state index is -0.155. The third-order valence-electron chi connectivity index (χ3n) is 6.02. The fourth-order valence-corrected chi connectivity index (χ4v) is 4.58. The summed E-state index contributed by atoms with van der Waals surface area (Å²) in [6.45, 7) is 5.53. The van der Waals surface area contributed by atoms with Crippen LogP contribution in [-0.2, 0) is 6.54 Å². The maximum Gasteiger partial charge on any atom is 0.262 e. The van der Waals surface area contributed by atoms with Crippen LogP contribution in [0.2, 0.25) is 0 Å². The number of nitrogens with zero attached hydrogens (tertiary/aromatic N) is 1. The Morgan fingerprint density at radius 3 is 2.83 bits per heavy atom. The van der Waals surface area contributed by atoms with Crippen LogP contribution in [0.4, 0.5) is 0 Å². The molecule has 0 saturated carbocycles. The van der Waals surface area contributed by atoms with Crippen molar-refractivity contribution in [1.29, 1.82) is 0 Å². The number of aromatic amines is 1. The SMILES string of the molecule is CC[NH+]1CCCC1CNC(=O)c1ccc2c(=O)n(Cc3ccccc3)c(=S)[nH]c2c1. The molecule has 3 aromatic rings. The molecule has 2 aromatic carbocycles. The molecule has 3 N–H and O–H groups in total. The van der Waals surface area contributed by atoms with Crippen molar-refractivity contribution in [2.24, 2.45) is 0 Å². The number of benzene rings is 2.